The predicted octanol–water partition coefficient (Wildman–Crippen LogP) is -1.83. The molecule has 98 valence electrons. The zero-order valence-electron chi connectivity index (χ0n) is 9.00. The third-order valence-corrected chi connectivity index (χ3v) is 4.85. The van der Waals surface area contributed by atoms with E-state index in [0.717, 1.165) is 0 Å². The molecule has 3 heterocycles. The van der Waals surface area contributed by atoms with E-state index in [9.17, 15) is 18.8 Å². The molecule has 2 aliphatic heterocycles. The number of hydrogen-bond acceptors (Lipinski definition) is 7. The van der Waals surface area contributed by atoms with Crippen molar-refractivity contribution in [2.45, 2.75) is 29.9 Å². The second kappa shape index (κ2) is 4.22. The van der Waals surface area contributed by atoms with E-state index in [0.29, 0.717) is 0 Å². The fourth-order valence-corrected chi connectivity index (χ4v) is 3.89. The SMILES string of the molecule is O=c1ccn2c(n1)O[Se](=O)C[C@H]1O[C@@H]2[C@H](O)[C@@H]1O. The molecule has 8 nitrogen and oxygen atoms in total. The van der Waals surface area contributed by atoms with Gasteiger partial charge >= 0.3 is 105 Å². The quantitative estimate of drug-likeness (QED) is 0.541. The van der Waals surface area contributed by atoms with Crippen LogP contribution in [0.5, 0.6) is 6.01 Å². The van der Waals surface area contributed by atoms with E-state index in [4.69, 9.17) is 8.56 Å². The van der Waals surface area contributed by atoms with E-state index < -0.39 is 44.3 Å². The molecule has 5 atom stereocenters. The summed E-state index contributed by atoms with van der Waals surface area (Å²) in [4.78, 5) is 14.7. The first-order valence-electron chi connectivity index (χ1n) is 5.24. The molecule has 1 unspecified atom stereocenters. The maximum absolute atomic E-state index is 11.7. The van der Waals surface area contributed by atoms with Gasteiger partial charge in [0.25, 0.3) is 0 Å². The van der Waals surface area contributed by atoms with Crippen molar-refractivity contribution in [2.75, 3.05) is 0 Å². The minimum atomic E-state index is -2.77. The second-order valence-electron chi connectivity index (χ2n) is 4.06. The van der Waals surface area contributed by atoms with E-state index >= 15 is 0 Å². The van der Waals surface area contributed by atoms with Gasteiger partial charge in [-0.15, -0.1) is 0 Å². The standard InChI is InChI=1S/C9H10N2O6Se/c12-5-1-2-11-8-7(14)6(13)4(16-8)3-18(15)17-9(11)10-5/h1-2,4,6-8,13-14H,3H2/t4-,6-,7-,8-,18?/m1/s1. The molecule has 1 aromatic rings. The molecule has 0 amide bonds. The molecule has 2 bridgehead atoms. The van der Waals surface area contributed by atoms with Gasteiger partial charge in [-0.05, 0) is 0 Å². The fourth-order valence-electron chi connectivity index (χ4n) is 2.00. The van der Waals surface area contributed by atoms with E-state index in [-0.39, 0.29) is 11.3 Å². The molecule has 3 rings (SSSR count). The van der Waals surface area contributed by atoms with Crippen molar-refractivity contribution >= 4 is 14.2 Å². The first-order chi connectivity index (χ1) is 8.56. The number of hydrogen-bond donors (Lipinski definition) is 2. The number of fused-ring (bicyclic) bond motifs is 4. The number of rotatable bonds is 0. The number of aliphatic hydroxyl groups is 2. The van der Waals surface area contributed by atoms with Crippen LogP contribution in [0.3, 0.4) is 0 Å². The van der Waals surface area contributed by atoms with Crippen molar-refractivity contribution in [2.24, 2.45) is 0 Å². The Labute approximate surface area is 105 Å². The summed E-state index contributed by atoms with van der Waals surface area (Å²) in [6, 6.07) is 1.02. The molecule has 0 aromatic carbocycles. The first kappa shape index (κ1) is 11.9. The second-order valence-corrected chi connectivity index (χ2v) is 6.38. The van der Waals surface area contributed by atoms with Gasteiger partial charge in [0, 0.05) is 0 Å². The normalized spacial score (nSPS) is 38.4. The Hall–Kier alpha value is -1.12. The third kappa shape index (κ3) is 1.80. The van der Waals surface area contributed by atoms with E-state index in [1.807, 2.05) is 0 Å². The van der Waals surface area contributed by atoms with Crippen LogP contribution in [0.15, 0.2) is 17.1 Å². The predicted molar refractivity (Wildman–Crippen MR) is 56.3 cm³/mol. The molecule has 2 aliphatic rings. The summed E-state index contributed by atoms with van der Waals surface area (Å²) in [5.74, 6) is 0. The van der Waals surface area contributed by atoms with E-state index in [1.54, 1.807) is 0 Å². The summed E-state index contributed by atoms with van der Waals surface area (Å²) >= 11 is -2.77. The third-order valence-electron chi connectivity index (χ3n) is 2.88. The molecule has 0 spiro atoms. The summed E-state index contributed by atoms with van der Waals surface area (Å²) < 4.78 is 23.5. The molecule has 2 N–H and O–H groups in total. The minimum absolute atomic E-state index is 0.000505. The van der Waals surface area contributed by atoms with Crippen LogP contribution in [-0.4, -0.2) is 52.2 Å². The van der Waals surface area contributed by atoms with Gasteiger partial charge in [0.1, 0.15) is 0 Å². The van der Waals surface area contributed by atoms with Gasteiger partial charge < -0.3 is 0 Å². The number of aromatic nitrogens is 2. The maximum atomic E-state index is 11.7. The zero-order chi connectivity index (χ0) is 12.9. The van der Waals surface area contributed by atoms with Gasteiger partial charge in [-0.25, -0.2) is 0 Å². The average molecular weight is 321 g/mol. The van der Waals surface area contributed by atoms with E-state index in [1.165, 1.54) is 16.8 Å². The zero-order valence-corrected chi connectivity index (χ0v) is 10.7. The number of nitrogens with zero attached hydrogens (tertiary/aromatic N) is 2. The van der Waals surface area contributed by atoms with Crippen LogP contribution in [0, 0.1) is 0 Å². The summed E-state index contributed by atoms with van der Waals surface area (Å²) in [5, 5.41) is 19.6. The van der Waals surface area contributed by atoms with Crippen molar-refractivity contribution in [1.82, 2.24) is 9.55 Å². The van der Waals surface area contributed by atoms with Crippen LogP contribution in [-0.2, 0) is 8.57 Å². The van der Waals surface area contributed by atoms with Gasteiger partial charge in [-0.3, -0.25) is 0 Å². The van der Waals surface area contributed by atoms with Gasteiger partial charge in [0.15, 0.2) is 0 Å². The molecule has 0 saturated carbocycles. The average Bonchev–Trinajstić information content (AvgIpc) is 2.57. The Morgan fingerprint density at radius 2 is 2.22 bits per heavy atom. The van der Waals surface area contributed by atoms with Crippen LogP contribution < -0.4 is 9.38 Å². The van der Waals surface area contributed by atoms with Crippen molar-refractivity contribution in [3.63, 3.8) is 0 Å². The summed E-state index contributed by atoms with van der Waals surface area (Å²) in [5.41, 5.74) is -0.537. The van der Waals surface area contributed by atoms with E-state index in [2.05, 4.69) is 4.98 Å². The van der Waals surface area contributed by atoms with Gasteiger partial charge in [0.2, 0.25) is 0 Å². The number of ether oxygens (including phenoxy) is 1. The Morgan fingerprint density at radius 3 is 3.00 bits per heavy atom. The first-order valence-corrected chi connectivity index (χ1v) is 7.85. The summed E-state index contributed by atoms with van der Waals surface area (Å²) in [6.07, 6.45) is -2.62. The molecular weight excluding hydrogens is 311 g/mol. The Kier molecular flexibility index (Phi) is 2.80. The molecule has 9 heteroatoms. The monoisotopic (exact) mass is 322 g/mol. The van der Waals surface area contributed by atoms with Crippen LogP contribution in [0.4, 0.5) is 0 Å². The molecule has 0 aliphatic carbocycles. The van der Waals surface area contributed by atoms with Crippen molar-refractivity contribution in [1.29, 1.82) is 0 Å². The van der Waals surface area contributed by atoms with Crippen LogP contribution in [0.2, 0.25) is 5.32 Å². The van der Waals surface area contributed by atoms with Gasteiger partial charge in [-0.1, -0.05) is 0 Å². The Balaban J connectivity index is 2.13. The summed E-state index contributed by atoms with van der Waals surface area (Å²) in [7, 11) is 0. The molecular formula is C9H10N2O6Se. The number of aliphatic hydroxyl groups excluding tert-OH is 2. The molecule has 1 saturated heterocycles. The molecule has 1 aromatic heterocycles. The van der Waals surface area contributed by atoms with Crippen molar-refractivity contribution in [3.8, 4) is 6.01 Å². The summed E-state index contributed by atoms with van der Waals surface area (Å²) in [6.45, 7) is 0. The van der Waals surface area contributed by atoms with Crippen LogP contribution in [0.1, 0.15) is 6.23 Å². The van der Waals surface area contributed by atoms with Crippen molar-refractivity contribution < 1.29 is 22.6 Å². The van der Waals surface area contributed by atoms with Crippen molar-refractivity contribution in [3.05, 3.63) is 22.6 Å². The van der Waals surface area contributed by atoms with Crippen LogP contribution >= 0.6 is 0 Å². The van der Waals surface area contributed by atoms with Crippen LogP contribution in [0.25, 0.3) is 0 Å². The molecule has 1 fully saturated rings. The Morgan fingerprint density at radius 1 is 1.44 bits per heavy atom. The fraction of sp³-hybridized carbons (Fsp3) is 0.556. The van der Waals surface area contributed by atoms with Gasteiger partial charge in [0.05, 0.1) is 0 Å². The molecule has 0 radical (unpaired) electrons. The van der Waals surface area contributed by atoms with Gasteiger partial charge in [-0.2, -0.15) is 0 Å². The molecule has 18 heavy (non-hydrogen) atoms. The topological polar surface area (TPSA) is 111 Å². The Bertz CT molecular complexity index is 560.